The summed E-state index contributed by atoms with van der Waals surface area (Å²) < 4.78 is 0. The highest BCUT2D eigenvalue weighted by atomic mass is 15.3. The van der Waals surface area contributed by atoms with E-state index in [9.17, 15) is 0 Å². The Balaban J connectivity index is 1.84. The fourth-order valence-electron chi connectivity index (χ4n) is 2.24. The lowest BCUT2D eigenvalue weighted by atomic mass is 10.2. The van der Waals surface area contributed by atoms with E-state index < -0.39 is 0 Å². The molecular weight excluding hydrogens is 226 g/mol. The number of likely N-dealkylation sites (N-methyl/N-ethyl adjacent to an activating group) is 2. The fraction of sp³-hybridized carbons (Fsp3) is 0.923. The fourth-order valence-corrected chi connectivity index (χ4v) is 2.24. The molecule has 1 aliphatic carbocycles. The molecule has 2 rings (SSSR count). The Morgan fingerprint density at radius 1 is 1.28 bits per heavy atom. The summed E-state index contributed by atoms with van der Waals surface area (Å²) in [7, 11) is 4.39. The largest absolute Gasteiger partial charge is 0.357 e. The average Bonchev–Trinajstić information content (AvgIpc) is 3.14. The topological polar surface area (TPSA) is 42.9 Å². The van der Waals surface area contributed by atoms with Crippen LogP contribution in [0.2, 0.25) is 0 Å². The third-order valence-electron chi connectivity index (χ3n) is 3.70. The van der Waals surface area contributed by atoms with Crippen molar-refractivity contribution in [2.75, 3.05) is 46.8 Å². The molecule has 0 aromatic carbocycles. The second kappa shape index (κ2) is 6.38. The van der Waals surface area contributed by atoms with Crippen LogP contribution in [0.3, 0.4) is 0 Å². The molecular formula is C13H27N5. The van der Waals surface area contributed by atoms with Gasteiger partial charge in [-0.2, -0.15) is 0 Å². The summed E-state index contributed by atoms with van der Waals surface area (Å²) in [6.45, 7) is 7.34. The van der Waals surface area contributed by atoms with Gasteiger partial charge in [0.1, 0.15) is 0 Å². The first-order valence-corrected chi connectivity index (χ1v) is 7.12. The van der Waals surface area contributed by atoms with Crippen molar-refractivity contribution >= 4 is 5.96 Å². The standard InChI is InChI=1S/C13H27N5/c1-4-14-13(16-11-5-6-11)15-9-12-10-17(2)7-8-18(12)3/h11-12H,4-10H2,1-3H3,(H2,14,15,16). The van der Waals surface area contributed by atoms with Crippen LogP contribution in [0.1, 0.15) is 19.8 Å². The highest BCUT2D eigenvalue weighted by Gasteiger charge is 2.24. The van der Waals surface area contributed by atoms with E-state index in [1.54, 1.807) is 0 Å². The van der Waals surface area contributed by atoms with E-state index in [2.05, 4.69) is 41.5 Å². The Hall–Kier alpha value is -0.810. The van der Waals surface area contributed by atoms with Gasteiger partial charge in [-0.1, -0.05) is 0 Å². The first-order chi connectivity index (χ1) is 8.69. The van der Waals surface area contributed by atoms with E-state index in [1.165, 1.54) is 12.8 Å². The van der Waals surface area contributed by atoms with E-state index in [4.69, 9.17) is 4.99 Å². The molecule has 1 saturated heterocycles. The van der Waals surface area contributed by atoms with Crippen LogP contribution in [0.15, 0.2) is 4.99 Å². The third kappa shape index (κ3) is 4.14. The van der Waals surface area contributed by atoms with Gasteiger partial charge in [-0.3, -0.25) is 9.89 Å². The minimum absolute atomic E-state index is 0.540. The van der Waals surface area contributed by atoms with Gasteiger partial charge in [0.2, 0.25) is 0 Å². The summed E-state index contributed by atoms with van der Waals surface area (Å²) in [5.41, 5.74) is 0. The molecule has 1 aliphatic heterocycles. The van der Waals surface area contributed by atoms with Crippen LogP contribution in [0.25, 0.3) is 0 Å². The summed E-state index contributed by atoms with van der Waals surface area (Å²) in [4.78, 5) is 9.54. The van der Waals surface area contributed by atoms with Crippen molar-refractivity contribution in [1.29, 1.82) is 0 Å². The van der Waals surface area contributed by atoms with E-state index in [-0.39, 0.29) is 0 Å². The van der Waals surface area contributed by atoms with Crippen molar-refractivity contribution in [2.24, 2.45) is 4.99 Å². The molecule has 2 aliphatic rings. The number of nitrogens with one attached hydrogen (secondary N) is 2. The van der Waals surface area contributed by atoms with Gasteiger partial charge in [-0.25, -0.2) is 0 Å². The quantitative estimate of drug-likeness (QED) is 0.545. The molecule has 2 fully saturated rings. The molecule has 104 valence electrons. The molecule has 0 aromatic heterocycles. The maximum Gasteiger partial charge on any atom is 0.191 e. The van der Waals surface area contributed by atoms with Crippen LogP contribution in [0, 0.1) is 0 Å². The Bertz CT molecular complexity index is 287. The molecule has 18 heavy (non-hydrogen) atoms. The molecule has 1 heterocycles. The summed E-state index contributed by atoms with van der Waals surface area (Å²) in [5, 5.41) is 6.79. The number of hydrogen-bond acceptors (Lipinski definition) is 3. The first kappa shape index (κ1) is 13.6. The van der Waals surface area contributed by atoms with Crippen LogP contribution in [0.4, 0.5) is 0 Å². The molecule has 0 radical (unpaired) electrons. The zero-order chi connectivity index (χ0) is 13.0. The second-order valence-electron chi connectivity index (χ2n) is 5.53. The van der Waals surface area contributed by atoms with E-state index >= 15 is 0 Å². The lowest BCUT2D eigenvalue weighted by Crippen LogP contribution is -2.51. The van der Waals surface area contributed by atoms with Gasteiger partial charge in [0.05, 0.1) is 6.54 Å². The van der Waals surface area contributed by atoms with Crippen molar-refractivity contribution in [3.8, 4) is 0 Å². The third-order valence-corrected chi connectivity index (χ3v) is 3.70. The number of hydrogen-bond donors (Lipinski definition) is 2. The molecule has 5 heteroatoms. The summed E-state index contributed by atoms with van der Waals surface area (Å²) >= 11 is 0. The van der Waals surface area contributed by atoms with Gasteiger partial charge in [0.15, 0.2) is 5.96 Å². The lowest BCUT2D eigenvalue weighted by Gasteiger charge is -2.36. The highest BCUT2D eigenvalue weighted by Crippen LogP contribution is 2.18. The van der Waals surface area contributed by atoms with Crippen LogP contribution < -0.4 is 10.6 Å². The van der Waals surface area contributed by atoms with Crippen LogP contribution >= 0.6 is 0 Å². The Morgan fingerprint density at radius 3 is 2.72 bits per heavy atom. The predicted octanol–water partition coefficient (Wildman–Crippen LogP) is -0.0503. The number of aliphatic imine (C=N–C) groups is 1. The first-order valence-electron chi connectivity index (χ1n) is 7.12. The van der Waals surface area contributed by atoms with Gasteiger partial charge < -0.3 is 15.5 Å². The SMILES string of the molecule is CCNC(=NCC1CN(C)CCN1C)NC1CC1. The number of guanidine groups is 1. The summed E-state index contributed by atoms with van der Waals surface area (Å²) in [6.07, 6.45) is 2.58. The van der Waals surface area contributed by atoms with Crippen molar-refractivity contribution in [1.82, 2.24) is 20.4 Å². The smallest absolute Gasteiger partial charge is 0.191 e. The van der Waals surface area contributed by atoms with Gasteiger partial charge in [-0.15, -0.1) is 0 Å². The Kier molecular flexibility index (Phi) is 4.83. The minimum Gasteiger partial charge on any atom is -0.357 e. The molecule has 0 aromatic rings. The molecule has 1 atom stereocenters. The molecule has 0 spiro atoms. The molecule has 1 unspecified atom stereocenters. The van der Waals surface area contributed by atoms with Gasteiger partial charge in [-0.05, 0) is 33.9 Å². The number of rotatable bonds is 4. The molecule has 1 saturated carbocycles. The van der Waals surface area contributed by atoms with E-state index in [1.807, 2.05) is 0 Å². The normalized spacial score (nSPS) is 27.3. The minimum atomic E-state index is 0.540. The molecule has 0 bridgehead atoms. The highest BCUT2D eigenvalue weighted by molar-refractivity contribution is 5.80. The summed E-state index contributed by atoms with van der Waals surface area (Å²) in [6, 6.07) is 1.20. The van der Waals surface area contributed by atoms with Gasteiger partial charge in [0, 0.05) is 38.3 Å². The van der Waals surface area contributed by atoms with Crippen molar-refractivity contribution in [3.05, 3.63) is 0 Å². The average molecular weight is 253 g/mol. The Labute approximate surface area is 111 Å². The predicted molar refractivity (Wildman–Crippen MR) is 76.1 cm³/mol. The molecule has 2 N–H and O–H groups in total. The van der Waals surface area contributed by atoms with Crippen molar-refractivity contribution in [3.63, 3.8) is 0 Å². The maximum atomic E-state index is 4.73. The van der Waals surface area contributed by atoms with E-state index in [0.29, 0.717) is 12.1 Å². The van der Waals surface area contributed by atoms with Crippen molar-refractivity contribution < 1.29 is 0 Å². The number of piperazine rings is 1. The Morgan fingerprint density at radius 2 is 2.06 bits per heavy atom. The van der Waals surface area contributed by atoms with Crippen LogP contribution in [0.5, 0.6) is 0 Å². The monoisotopic (exact) mass is 253 g/mol. The van der Waals surface area contributed by atoms with E-state index in [0.717, 1.165) is 38.7 Å². The van der Waals surface area contributed by atoms with Crippen LogP contribution in [-0.2, 0) is 0 Å². The lowest BCUT2D eigenvalue weighted by molar-refractivity contribution is 0.119. The van der Waals surface area contributed by atoms with Gasteiger partial charge in [0.25, 0.3) is 0 Å². The van der Waals surface area contributed by atoms with Gasteiger partial charge >= 0.3 is 0 Å². The van der Waals surface area contributed by atoms with Crippen LogP contribution in [-0.4, -0.2) is 74.7 Å². The second-order valence-corrected chi connectivity index (χ2v) is 5.53. The van der Waals surface area contributed by atoms with Crippen molar-refractivity contribution in [2.45, 2.75) is 31.8 Å². The maximum absolute atomic E-state index is 4.73. The molecule has 5 nitrogen and oxygen atoms in total. The summed E-state index contributed by atoms with van der Waals surface area (Å²) in [5.74, 6) is 0.988. The zero-order valence-corrected chi connectivity index (χ0v) is 11.9. The zero-order valence-electron chi connectivity index (χ0n) is 11.9. The molecule has 0 amide bonds. The number of nitrogens with zero attached hydrogens (tertiary/aromatic N) is 3.